The first-order valence-electron chi connectivity index (χ1n) is 16.6. The van der Waals surface area contributed by atoms with E-state index in [0.717, 1.165) is 38.5 Å². The van der Waals surface area contributed by atoms with Gasteiger partial charge in [-0.2, -0.15) is 0 Å². The Morgan fingerprint density at radius 1 is 0.591 bits per heavy atom. The van der Waals surface area contributed by atoms with Gasteiger partial charge in [0.15, 0.2) is 0 Å². The van der Waals surface area contributed by atoms with Crippen molar-refractivity contribution in [1.82, 2.24) is 0 Å². The van der Waals surface area contributed by atoms with Crippen LogP contribution in [0.2, 0.25) is 0 Å². The molecule has 1 aromatic rings. The van der Waals surface area contributed by atoms with Crippen LogP contribution in [0.15, 0.2) is 54.7 Å². The molecule has 0 radical (unpaired) electrons. The zero-order valence-corrected chi connectivity index (χ0v) is 27.4. The quantitative estimate of drug-likeness (QED) is 0.108. The Hall–Kier alpha value is -3.15. The highest BCUT2D eigenvalue weighted by molar-refractivity contribution is 5.87. The molecule has 3 rings (SSSR count). The number of carbonyl (C=O) groups excluding carboxylic acids is 3. The summed E-state index contributed by atoms with van der Waals surface area (Å²) in [7, 11) is 0. The Bertz CT molecular complexity index is 1160. The van der Waals surface area contributed by atoms with E-state index in [-0.39, 0.29) is 17.9 Å². The maximum Gasteiger partial charge on any atom is 0.333 e. The van der Waals surface area contributed by atoms with Gasteiger partial charge >= 0.3 is 17.9 Å². The summed E-state index contributed by atoms with van der Waals surface area (Å²) in [6.45, 7) is 17.4. The maximum atomic E-state index is 12.0. The van der Waals surface area contributed by atoms with Gasteiger partial charge in [-0.05, 0) is 112 Å². The molecule has 2 saturated carbocycles. The van der Waals surface area contributed by atoms with Gasteiger partial charge in [0.2, 0.25) is 0 Å². The molecule has 0 atom stereocenters. The SMILES string of the molecule is C=C(C)C(=O)OCCc1cc(CC2CCC(CCOC(=O)C(=C)C)CC2)ccc1CC1CCC(CCOC(=O)C(=C)C)CC1. The monoisotopic (exact) mass is 606 g/mol. The molecule has 2 fully saturated rings. The fourth-order valence-corrected chi connectivity index (χ4v) is 6.59. The molecule has 0 aliphatic heterocycles. The van der Waals surface area contributed by atoms with Crippen molar-refractivity contribution in [2.75, 3.05) is 19.8 Å². The predicted molar refractivity (Wildman–Crippen MR) is 175 cm³/mol. The van der Waals surface area contributed by atoms with Gasteiger partial charge in [-0.3, -0.25) is 0 Å². The Kier molecular flexibility index (Phi) is 14.4. The van der Waals surface area contributed by atoms with Crippen molar-refractivity contribution in [3.8, 4) is 0 Å². The Morgan fingerprint density at radius 3 is 1.45 bits per heavy atom. The second kappa shape index (κ2) is 18.0. The number of carbonyl (C=O) groups is 3. The topological polar surface area (TPSA) is 78.9 Å². The normalized spacial score (nSPS) is 21.6. The molecule has 44 heavy (non-hydrogen) atoms. The largest absolute Gasteiger partial charge is 0.462 e. The van der Waals surface area contributed by atoms with Crippen molar-refractivity contribution in [3.63, 3.8) is 0 Å². The van der Waals surface area contributed by atoms with E-state index < -0.39 is 0 Å². The lowest BCUT2D eigenvalue weighted by molar-refractivity contribution is -0.140. The van der Waals surface area contributed by atoms with Crippen molar-refractivity contribution >= 4 is 17.9 Å². The molecule has 0 N–H and O–H groups in total. The highest BCUT2D eigenvalue weighted by atomic mass is 16.5. The summed E-state index contributed by atoms with van der Waals surface area (Å²) in [5.41, 5.74) is 5.35. The Labute approximate surface area is 265 Å². The molecule has 2 aliphatic rings. The van der Waals surface area contributed by atoms with Crippen LogP contribution >= 0.6 is 0 Å². The lowest BCUT2D eigenvalue weighted by Gasteiger charge is -2.30. The summed E-state index contributed by atoms with van der Waals surface area (Å²) in [4.78, 5) is 35.3. The third-order valence-electron chi connectivity index (χ3n) is 9.40. The molecular weight excluding hydrogens is 552 g/mol. The highest BCUT2D eigenvalue weighted by Gasteiger charge is 2.24. The smallest absolute Gasteiger partial charge is 0.333 e. The van der Waals surface area contributed by atoms with Crippen LogP contribution in [-0.2, 0) is 47.9 Å². The number of benzene rings is 1. The number of ether oxygens (including phenoxy) is 3. The summed E-state index contributed by atoms with van der Waals surface area (Å²) in [6, 6.07) is 6.98. The number of hydrogen-bond acceptors (Lipinski definition) is 6. The molecule has 0 bridgehead atoms. The van der Waals surface area contributed by atoms with Gasteiger partial charge in [0.1, 0.15) is 0 Å². The van der Waals surface area contributed by atoms with Crippen molar-refractivity contribution in [2.24, 2.45) is 23.7 Å². The highest BCUT2D eigenvalue weighted by Crippen LogP contribution is 2.35. The fraction of sp³-hybridized carbons (Fsp3) is 0.605. The van der Waals surface area contributed by atoms with E-state index in [2.05, 4.69) is 37.9 Å². The fourth-order valence-electron chi connectivity index (χ4n) is 6.59. The van der Waals surface area contributed by atoms with Crippen LogP contribution in [0.5, 0.6) is 0 Å². The molecule has 0 heterocycles. The molecule has 0 saturated heterocycles. The molecule has 6 nitrogen and oxygen atoms in total. The van der Waals surface area contributed by atoms with E-state index in [1.54, 1.807) is 20.8 Å². The average Bonchev–Trinajstić information content (AvgIpc) is 2.99. The van der Waals surface area contributed by atoms with Crippen molar-refractivity contribution in [1.29, 1.82) is 0 Å². The summed E-state index contributed by atoms with van der Waals surface area (Å²) >= 11 is 0. The first-order valence-corrected chi connectivity index (χ1v) is 16.6. The van der Waals surface area contributed by atoms with E-state index in [1.165, 1.54) is 55.2 Å². The van der Waals surface area contributed by atoms with Crippen molar-refractivity contribution in [2.45, 2.75) is 104 Å². The van der Waals surface area contributed by atoms with Crippen LogP contribution < -0.4 is 0 Å². The van der Waals surface area contributed by atoms with Crippen molar-refractivity contribution in [3.05, 3.63) is 71.3 Å². The molecule has 2 aliphatic carbocycles. The Morgan fingerprint density at radius 2 is 1.00 bits per heavy atom. The van der Waals surface area contributed by atoms with Gasteiger partial charge in [0.25, 0.3) is 0 Å². The minimum absolute atomic E-state index is 0.293. The molecule has 0 unspecified atom stereocenters. The lowest BCUT2D eigenvalue weighted by Crippen LogP contribution is -2.20. The van der Waals surface area contributed by atoms with Gasteiger partial charge in [0, 0.05) is 23.1 Å². The van der Waals surface area contributed by atoms with Crippen molar-refractivity contribution < 1.29 is 28.6 Å². The standard InChI is InChI=1S/C38H54O6/c1-26(2)36(39)42-20-17-29-7-11-31(12-8-29)23-33-15-16-34(35(25-33)19-22-44-38(41)28(5)6)24-32-13-9-30(10-14-32)18-21-43-37(40)27(3)4/h15-16,25,29-32H,1,3,5,7-14,17-24H2,2,4,6H3. The zero-order chi connectivity index (χ0) is 32.1. The van der Waals surface area contributed by atoms with E-state index in [1.807, 2.05) is 0 Å². The van der Waals surface area contributed by atoms with Crippen LogP contribution in [0, 0.1) is 23.7 Å². The van der Waals surface area contributed by atoms with Gasteiger partial charge in [0.05, 0.1) is 19.8 Å². The molecule has 242 valence electrons. The second-order valence-electron chi connectivity index (χ2n) is 13.4. The molecular formula is C38H54O6. The number of hydrogen-bond donors (Lipinski definition) is 0. The predicted octanol–water partition coefficient (Wildman–Crippen LogP) is 8.07. The maximum absolute atomic E-state index is 12.0. The minimum Gasteiger partial charge on any atom is -0.462 e. The van der Waals surface area contributed by atoms with E-state index >= 15 is 0 Å². The third kappa shape index (κ3) is 12.1. The number of esters is 3. The first kappa shape index (κ1) is 35.3. The minimum atomic E-state index is -0.332. The third-order valence-corrected chi connectivity index (χ3v) is 9.40. The van der Waals surface area contributed by atoms with E-state index in [9.17, 15) is 14.4 Å². The molecule has 0 spiro atoms. The number of rotatable bonds is 16. The first-order chi connectivity index (χ1) is 21.0. The van der Waals surface area contributed by atoms with Crippen LogP contribution in [0.3, 0.4) is 0 Å². The average molecular weight is 607 g/mol. The molecule has 0 amide bonds. The second-order valence-corrected chi connectivity index (χ2v) is 13.4. The van der Waals surface area contributed by atoms with Crippen LogP contribution in [0.4, 0.5) is 0 Å². The Balaban J connectivity index is 1.52. The van der Waals surface area contributed by atoms with Gasteiger partial charge in [-0.25, -0.2) is 14.4 Å². The van der Waals surface area contributed by atoms with Gasteiger partial charge in [-0.15, -0.1) is 0 Å². The summed E-state index contributed by atoms with van der Waals surface area (Å²) in [5, 5.41) is 0. The van der Waals surface area contributed by atoms with E-state index in [0.29, 0.717) is 66.6 Å². The summed E-state index contributed by atoms with van der Waals surface area (Å²) in [5.74, 6) is 1.60. The summed E-state index contributed by atoms with van der Waals surface area (Å²) < 4.78 is 16.1. The van der Waals surface area contributed by atoms with Crippen LogP contribution in [0.25, 0.3) is 0 Å². The molecule has 6 heteroatoms. The van der Waals surface area contributed by atoms with Gasteiger partial charge < -0.3 is 14.2 Å². The lowest BCUT2D eigenvalue weighted by atomic mass is 9.76. The molecule has 0 aromatic heterocycles. The van der Waals surface area contributed by atoms with E-state index in [4.69, 9.17) is 14.2 Å². The van der Waals surface area contributed by atoms with Crippen LogP contribution in [-0.4, -0.2) is 37.7 Å². The van der Waals surface area contributed by atoms with Gasteiger partial charge in [-0.1, -0.05) is 63.6 Å². The van der Waals surface area contributed by atoms with Crippen LogP contribution in [0.1, 0.15) is 102 Å². The zero-order valence-electron chi connectivity index (χ0n) is 27.4. The molecule has 1 aromatic carbocycles. The summed E-state index contributed by atoms with van der Waals surface area (Å²) in [6.07, 6.45) is 14.1.